The summed E-state index contributed by atoms with van der Waals surface area (Å²) in [5.41, 5.74) is 0. The van der Waals surface area contributed by atoms with E-state index in [1.165, 1.54) is 13.8 Å². The molecule has 1 aromatic heterocycles. The molecule has 1 rings (SSSR count). The Bertz CT molecular complexity index is 321. The standard InChI is InChI=1S/C5H6N4O2S/c1-3(10)9-7-5(6-8-9)12-4(2)11/h1-2H3. The molecule has 0 aliphatic carbocycles. The maximum Gasteiger partial charge on any atom is 0.263 e. The van der Waals surface area contributed by atoms with Crippen molar-refractivity contribution in [1.29, 1.82) is 0 Å². The molecule has 64 valence electrons. The quantitative estimate of drug-likeness (QED) is 0.573. The van der Waals surface area contributed by atoms with E-state index in [0.717, 1.165) is 16.6 Å². The highest BCUT2D eigenvalue weighted by Crippen LogP contribution is 2.10. The lowest BCUT2D eigenvalue weighted by Crippen LogP contribution is -2.09. The topological polar surface area (TPSA) is 77.7 Å². The van der Waals surface area contributed by atoms with Crippen LogP contribution in [0.3, 0.4) is 0 Å². The van der Waals surface area contributed by atoms with E-state index < -0.39 is 0 Å². The number of tetrazole rings is 1. The van der Waals surface area contributed by atoms with Gasteiger partial charge in [-0.1, -0.05) is 4.80 Å². The number of nitrogens with zero attached hydrogens (tertiary/aromatic N) is 4. The van der Waals surface area contributed by atoms with Crippen molar-refractivity contribution in [2.75, 3.05) is 0 Å². The summed E-state index contributed by atoms with van der Waals surface area (Å²) in [4.78, 5) is 22.0. The number of carbonyl (C=O) groups excluding carboxylic acids is 2. The maximum atomic E-state index is 10.6. The summed E-state index contributed by atoms with van der Waals surface area (Å²) in [5, 5.41) is 10.6. The SMILES string of the molecule is CC(=O)Sc1nnn(C(C)=O)n1. The molecular weight excluding hydrogens is 180 g/mol. The molecule has 7 heteroatoms. The smallest absolute Gasteiger partial charge is 0.263 e. The van der Waals surface area contributed by atoms with E-state index in [-0.39, 0.29) is 16.2 Å². The first-order valence-electron chi connectivity index (χ1n) is 3.09. The van der Waals surface area contributed by atoms with Gasteiger partial charge in [-0.15, -0.1) is 10.2 Å². The molecule has 6 nitrogen and oxygen atoms in total. The number of carbonyl (C=O) groups is 2. The molecule has 0 atom stereocenters. The molecule has 1 heterocycles. The van der Waals surface area contributed by atoms with E-state index in [1.54, 1.807) is 0 Å². The van der Waals surface area contributed by atoms with Crippen LogP contribution >= 0.6 is 11.8 Å². The predicted octanol–water partition coefficient (Wildman–Crippen LogP) is -0.0282. The summed E-state index contributed by atoms with van der Waals surface area (Å²) in [5.74, 6) is -0.335. The molecular formula is C5H6N4O2S. The molecule has 0 saturated carbocycles. The summed E-state index contributed by atoms with van der Waals surface area (Å²) in [6.07, 6.45) is 0. The zero-order chi connectivity index (χ0) is 9.14. The van der Waals surface area contributed by atoms with Crippen molar-refractivity contribution in [3.8, 4) is 0 Å². The van der Waals surface area contributed by atoms with Crippen molar-refractivity contribution in [3.63, 3.8) is 0 Å². The van der Waals surface area contributed by atoms with E-state index in [4.69, 9.17) is 0 Å². The molecule has 0 aromatic carbocycles. The van der Waals surface area contributed by atoms with E-state index in [1.807, 2.05) is 0 Å². The van der Waals surface area contributed by atoms with Crippen LogP contribution in [0.25, 0.3) is 0 Å². The van der Waals surface area contributed by atoms with Gasteiger partial charge in [-0.2, -0.15) is 0 Å². The molecule has 0 aliphatic heterocycles. The van der Waals surface area contributed by atoms with Crippen LogP contribution in [0.2, 0.25) is 0 Å². The average molecular weight is 186 g/mol. The van der Waals surface area contributed by atoms with Gasteiger partial charge in [0.25, 0.3) is 5.91 Å². The Balaban J connectivity index is 2.77. The van der Waals surface area contributed by atoms with Gasteiger partial charge in [-0.25, -0.2) is 0 Å². The Hall–Kier alpha value is -1.24. The van der Waals surface area contributed by atoms with Crippen LogP contribution in [0.1, 0.15) is 18.6 Å². The van der Waals surface area contributed by atoms with Crippen LogP contribution < -0.4 is 0 Å². The molecule has 0 spiro atoms. The van der Waals surface area contributed by atoms with Gasteiger partial charge in [0.1, 0.15) is 0 Å². The first-order valence-corrected chi connectivity index (χ1v) is 3.90. The van der Waals surface area contributed by atoms with Gasteiger partial charge in [0, 0.05) is 13.8 Å². The van der Waals surface area contributed by atoms with Crippen molar-refractivity contribution in [2.45, 2.75) is 19.0 Å². The Morgan fingerprint density at radius 3 is 2.50 bits per heavy atom. The van der Waals surface area contributed by atoms with Crippen molar-refractivity contribution in [3.05, 3.63) is 0 Å². The van der Waals surface area contributed by atoms with E-state index >= 15 is 0 Å². The zero-order valence-electron chi connectivity index (χ0n) is 6.51. The third-order valence-corrected chi connectivity index (χ3v) is 1.55. The van der Waals surface area contributed by atoms with Crippen molar-refractivity contribution in [2.24, 2.45) is 0 Å². The Labute approximate surface area is 72.3 Å². The van der Waals surface area contributed by atoms with Gasteiger partial charge in [-0.3, -0.25) is 9.59 Å². The maximum absolute atomic E-state index is 10.6. The summed E-state index contributed by atoms with van der Waals surface area (Å²) < 4.78 is 0. The molecule has 0 bridgehead atoms. The fourth-order valence-electron chi connectivity index (χ4n) is 0.504. The highest BCUT2D eigenvalue weighted by atomic mass is 32.2. The van der Waals surface area contributed by atoms with Crippen LogP contribution in [-0.2, 0) is 4.79 Å². The fraction of sp³-hybridized carbons (Fsp3) is 0.400. The van der Waals surface area contributed by atoms with Crippen LogP contribution in [0.5, 0.6) is 0 Å². The van der Waals surface area contributed by atoms with Gasteiger partial charge in [0.05, 0.1) is 0 Å². The highest BCUT2D eigenvalue weighted by Gasteiger charge is 2.07. The fourth-order valence-corrected chi connectivity index (χ4v) is 0.957. The lowest BCUT2D eigenvalue weighted by Gasteiger charge is -1.85. The van der Waals surface area contributed by atoms with Crippen LogP contribution in [0, 0.1) is 0 Å². The minimum atomic E-state index is -0.335. The number of rotatable bonds is 1. The number of hydrogen-bond donors (Lipinski definition) is 0. The first kappa shape index (κ1) is 8.85. The largest absolute Gasteiger partial charge is 0.287 e. The van der Waals surface area contributed by atoms with Crippen LogP contribution in [-0.4, -0.2) is 31.2 Å². The van der Waals surface area contributed by atoms with Crippen molar-refractivity contribution in [1.82, 2.24) is 20.2 Å². The number of aromatic nitrogens is 4. The summed E-state index contributed by atoms with van der Waals surface area (Å²) in [6.45, 7) is 2.70. The van der Waals surface area contributed by atoms with Gasteiger partial charge in [0.2, 0.25) is 5.16 Å². The summed E-state index contributed by atoms with van der Waals surface area (Å²) in [6, 6.07) is 0. The van der Waals surface area contributed by atoms with Crippen LogP contribution in [0.15, 0.2) is 5.16 Å². The molecule has 0 amide bonds. The van der Waals surface area contributed by atoms with Gasteiger partial charge in [-0.05, 0) is 17.0 Å². The van der Waals surface area contributed by atoms with Gasteiger partial charge >= 0.3 is 0 Å². The second kappa shape index (κ2) is 3.44. The lowest BCUT2D eigenvalue weighted by molar-refractivity contribution is -0.109. The molecule has 0 fully saturated rings. The molecule has 1 aromatic rings. The highest BCUT2D eigenvalue weighted by molar-refractivity contribution is 8.13. The third kappa shape index (κ3) is 2.12. The Morgan fingerprint density at radius 2 is 2.08 bits per heavy atom. The van der Waals surface area contributed by atoms with Crippen LogP contribution in [0.4, 0.5) is 0 Å². The molecule has 0 unspecified atom stereocenters. The number of hydrogen-bond acceptors (Lipinski definition) is 6. The summed E-state index contributed by atoms with van der Waals surface area (Å²) in [7, 11) is 0. The minimum Gasteiger partial charge on any atom is -0.287 e. The van der Waals surface area contributed by atoms with E-state index in [2.05, 4.69) is 15.4 Å². The first-order chi connectivity index (χ1) is 5.59. The molecule has 12 heavy (non-hydrogen) atoms. The van der Waals surface area contributed by atoms with Gasteiger partial charge < -0.3 is 0 Å². The normalized spacial score (nSPS) is 9.83. The molecule has 0 aliphatic rings. The average Bonchev–Trinajstić information content (AvgIpc) is 2.34. The Kier molecular flexibility index (Phi) is 2.54. The summed E-state index contributed by atoms with van der Waals surface area (Å²) >= 11 is 0.840. The molecule has 0 saturated heterocycles. The number of thioether (sulfide) groups is 1. The van der Waals surface area contributed by atoms with Crippen molar-refractivity contribution >= 4 is 22.8 Å². The monoisotopic (exact) mass is 186 g/mol. The predicted molar refractivity (Wildman–Crippen MR) is 40.7 cm³/mol. The zero-order valence-corrected chi connectivity index (χ0v) is 7.33. The van der Waals surface area contributed by atoms with Crippen molar-refractivity contribution < 1.29 is 9.59 Å². The Morgan fingerprint density at radius 1 is 1.42 bits per heavy atom. The second-order valence-electron chi connectivity index (χ2n) is 1.97. The second-order valence-corrected chi connectivity index (χ2v) is 3.12. The molecule has 0 radical (unpaired) electrons. The van der Waals surface area contributed by atoms with E-state index in [9.17, 15) is 9.59 Å². The minimum absolute atomic E-state index is 0.141. The molecule has 0 N–H and O–H groups in total. The lowest BCUT2D eigenvalue weighted by atomic mass is 10.8. The third-order valence-electron chi connectivity index (χ3n) is 0.912. The van der Waals surface area contributed by atoms with E-state index in [0.29, 0.717) is 0 Å². The van der Waals surface area contributed by atoms with Gasteiger partial charge in [0.15, 0.2) is 5.12 Å².